The Morgan fingerprint density at radius 2 is 2.06 bits per heavy atom. The maximum absolute atomic E-state index is 12.1. The fraction of sp³-hybridized carbons (Fsp3) is 0.818. The molecule has 4 atom stereocenters. The Hall–Kier alpha value is -1.14. The van der Waals surface area contributed by atoms with Gasteiger partial charge in [-0.2, -0.15) is 0 Å². The molecule has 0 aromatic heterocycles. The fourth-order valence-corrected chi connectivity index (χ4v) is 1.93. The standard InChI is InChI=1S/C11H20N2O4/c1-6(7(2)12)10(14)13-5-8(17-3)4-9(13)11(15)16/h6-9H,4-5,12H2,1-3H3,(H,15,16). The number of carbonyl (C=O) groups excluding carboxylic acids is 1. The van der Waals surface area contributed by atoms with Gasteiger partial charge >= 0.3 is 5.97 Å². The lowest BCUT2D eigenvalue weighted by atomic mass is 10.0. The number of hydrogen-bond donors (Lipinski definition) is 2. The molecule has 4 unspecified atom stereocenters. The molecule has 0 bridgehead atoms. The van der Waals surface area contributed by atoms with E-state index in [0.717, 1.165) is 0 Å². The number of ether oxygens (including phenoxy) is 1. The molecule has 1 rings (SSSR count). The molecule has 6 heteroatoms. The van der Waals surface area contributed by atoms with Gasteiger partial charge in [-0.05, 0) is 6.92 Å². The average Bonchev–Trinajstić information content (AvgIpc) is 2.70. The number of likely N-dealkylation sites (tertiary alicyclic amines) is 1. The molecule has 1 aliphatic rings. The molecule has 1 saturated heterocycles. The van der Waals surface area contributed by atoms with Gasteiger partial charge in [0.25, 0.3) is 0 Å². The van der Waals surface area contributed by atoms with Crippen molar-refractivity contribution in [3.8, 4) is 0 Å². The second kappa shape index (κ2) is 5.46. The zero-order valence-corrected chi connectivity index (χ0v) is 10.4. The minimum atomic E-state index is -0.991. The molecule has 98 valence electrons. The number of nitrogens with two attached hydrogens (primary N) is 1. The zero-order chi connectivity index (χ0) is 13.2. The molecule has 1 aliphatic heterocycles. The van der Waals surface area contributed by atoms with Crippen LogP contribution in [0, 0.1) is 5.92 Å². The van der Waals surface area contributed by atoms with E-state index >= 15 is 0 Å². The summed E-state index contributed by atoms with van der Waals surface area (Å²) in [5.41, 5.74) is 5.67. The Bertz CT molecular complexity index is 306. The predicted octanol–water partition coefficient (Wildman–Crippen LogP) is -0.330. The third-order valence-electron chi connectivity index (χ3n) is 3.34. The molecule has 1 amide bonds. The highest BCUT2D eigenvalue weighted by molar-refractivity contribution is 5.86. The van der Waals surface area contributed by atoms with Gasteiger partial charge in [0.2, 0.25) is 5.91 Å². The van der Waals surface area contributed by atoms with Gasteiger partial charge in [0.05, 0.1) is 12.0 Å². The van der Waals surface area contributed by atoms with Gasteiger partial charge in [0, 0.05) is 26.1 Å². The number of methoxy groups -OCH3 is 1. The van der Waals surface area contributed by atoms with Crippen molar-refractivity contribution in [1.29, 1.82) is 0 Å². The van der Waals surface area contributed by atoms with E-state index in [2.05, 4.69) is 0 Å². The highest BCUT2D eigenvalue weighted by Gasteiger charge is 2.41. The van der Waals surface area contributed by atoms with Crippen LogP contribution in [0.3, 0.4) is 0 Å². The van der Waals surface area contributed by atoms with Crippen LogP contribution in [0.4, 0.5) is 0 Å². The number of carboxylic acid groups (broad SMARTS) is 1. The van der Waals surface area contributed by atoms with Gasteiger partial charge in [0.1, 0.15) is 6.04 Å². The smallest absolute Gasteiger partial charge is 0.326 e. The van der Waals surface area contributed by atoms with Crippen LogP contribution in [0.5, 0.6) is 0 Å². The first-order valence-electron chi connectivity index (χ1n) is 5.70. The molecule has 0 aliphatic carbocycles. The largest absolute Gasteiger partial charge is 0.480 e. The van der Waals surface area contributed by atoms with Gasteiger partial charge in [-0.15, -0.1) is 0 Å². The van der Waals surface area contributed by atoms with E-state index in [1.165, 1.54) is 12.0 Å². The first-order valence-corrected chi connectivity index (χ1v) is 5.70. The van der Waals surface area contributed by atoms with E-state index in [9.17, 15) is 9.59 Å². The first-order chi connectivity index (χ1) is 7.88. The summed E-state index contributed by atoms with van der Waals surface area (Å²) in [6, 6.07) is -1.09. The minimum Gasteiger partial charge on any atom is -0.480 e. The lowest BCUT2D eigenvalue weighted by Crippen LogP contribution is -2.46. The SMILES string of the molecule is COC1CC(C(=O)O)N(C(=O)C(C)C(C)N)C1. The summed E-state index contributed by atoms with van der Waals surface area (Å²) in [6.07, 6.45) is 0.129. The molecule has 3 N–H and O–H groups in total. The van der Waals surface area contributed by atoms with Crippen molar-refractivity contribution < 1.29 is 19.4 Å². The first kappa shape index (κ1) is 13.9. The molecule has 17 heavy (non-hydrogen) atoms. The molecule has 0 aromatic carbocycles. The van der Waals surface area contributed by atoms with Crippen molar-refractivity contribution in [1.82, 2.24) is 4.90 Å². The maximum atomic E-state index is 12.1. The van der Waals surface area contributed by atoms with Crippen molar-refractivity contribution in [2.24, 2.45) is 11.7 Å². The molecule has 6 nitrogen and oxygen atoms in total. The number of carbonyl (C=O) groups is 2. The van der Waals surface area contributed by atoms with Gasteiger partial charge in [-0.3, -0.25) is 4.79 Å². The van der Waals surface area contributed by atoms with E-state index in [1.54, 1.807) is 13.8 Å². The van der Waals surface area contributed by atoms with Crippen molar-refractivity contribution >= 4 is 11.9 Å². The number of carboxylic acids is 1. The monoisotopic (exact) mass is 244 g/mol. The molecular weight excluding hydrogens is 224 g/mol. The maximum Gasteiger partial charge on any atom is 0.326 e. The fourth-order valence-electron chi connectivity index (χ4n) is 1.93. The number of amides is 1. The Morgan fingerprint density at radius 1 is 1.47 bits per heavy atom. The summed E-state index contributed by atoms with van der Waals surface area (Å²) >= 11 is 0. The Balaban J connectivity index is 2.80. The van der Waals surface area contributed by atoms with E-state index in [4.69, 9.17) is 15.6 Å². The topological polar surface area (TPSA) is 92.9 Å². The van der Waals surface area contributed by atoms with E-state index < -0.39 is 12.0 Å². The third kappa shape index (κ3) is 2.95. The Labute approximate surface area is 101 Å². The molecule has 0 saturated carbocycles. The lowest BCUT2D eigenvalue weighted by Gasteiger charge is -2.26. The van der Waals surface area contributed by atoms with Crippen LogP contribution in [0.2, 0.25) is 0 Å². The van der Waals surface area contributed by atoms with Crippen LogP contribution in [0.25, 0.3) is 0 Å². The zero-order valence-electron chi connectivity index (χ0n) is 10.4. The van der Waals surface area contributed by atoms with Crippen LogP contribution in [-0.2, 0) is 14.3 Å². The van der Waals surface area contributed by atoms with Crippen LogP contribution in [0.1, 0.15) is 20.3 Å². The minimum absolute atomic E-state index is 0.208. The highest BCUT2D eigenvalue weighted by atomic mass is 16.5. The van der Waals surface area contributed by atoms with Crippen molar-refractivity contribution in [3.63, 3.8) is 0 Å². The van der Waals surface area contributed by atoms with Crippen LogP contribution in [0.15, 0.2) is 0 Å². The van der Waals surface area contributed by atoms with Gasteiger partial charge in [-0.25, -0.2) is 4.79 Å². The molecular formula is C11H20N2O4. The number of rotatable bonds is 4. The van der Waals surface area contributed by atoms with Crippen molar-refractivity contribution in [2.45, 2.75) is 38.5 Å². The van der Waals surface area contributed by atoms with E-state index in [1.807, 2.05) is 0 Å². The summed E-state index contributed by atoms with van der Waals surface area (Å²) < 4.78 is 5.12. The molecule has 0 radical (unpaired) electrons. The summed E-state index contributed by atoms with van der Waals surface area (Å²) in [6.45, 7) is 3.78. The van der Waals surface area contributed by atoms with Gasteiger partial charge < -0.3 is 20.5 Å². The van der Waals surface area contributed by atoms with Crippen LogP contribution < -0.4 is 5.73 Å². The van der Waals surface area contributed by atoms with E-state index in [-0.39, 0.29) is 24.0 Å². The third-order valence-corrected chi connectivity index (χ3v) is 3.34. The average molecular weight is 244 g/mol. The summed E-state index contributed by atoms with van der Waals surface area (Å²) in [7, 11) is 1.52. The lowest BCUT2D eigenvalue weighted by molar-refractivity contribution is -0.149. The second-order valence-corrected chi connectivity index (χ2v) is 4.59. The highest BCUT2D eigenvalue weighted by Crippen LogP contribution is 2.23. The molecule has 1 heterocycles. The van der Waals surface area contributed by atoms with Crippen LogP contribution in [-0.4, -0.2) is 53.7 Å². The predicted molar refractivity (Wildman–Crippen MR) is 61.4 cm³/mol. The summed E-state index contributed by atoms with van der Waals surface area (Å²) in [5, 5.41) is 9.09. The summed E-state index contributed by atoms with van der Waals surface area (Å²) in [5.74, 6) is -1.59. The summed E-state index contributed by atoms with van der Waals surface area (Å²) in [4.78, 5) is 24.5. The van der Waals surface area contributed by atoms with Gasteiger partial charge in [0.15, 0.2) is 0 Å². The van der Waals surface area contributed by atoms with Crippen molar-refractivity contribution in [3.05, 3.63) is 0 Å². The second-order valence-electron chi connectivity index (χ2n) is 4.59. The normalized spacial score (nSPS) is 27.9. The number of hydrogen-bond acceptors (Lipinski definition) is 4. The number of aliphatic carboxylic acids is 1. The van der Waals surface area contributed by atoms with E-state index in [0.29, 0.717) is 13.0 Å². The Kier molecular flexibility index (Phi) is 4.47. The quantitative estimate of drug-likeness (QED) is 0.706. The van der Waals surface area contributed by atoms with Gasteiger partial charge in [-0.1, -0.05) is 6.92 Å². The van der Waals surface area contributed by atoms with Crippen molar-refractivity contribution in [2.75, 3.05) is 13.7 Å². The molecule has 0 spiro atoms. The molecule has 1 fully saturated rings. The number of nitrogens with zero attached hydrogens (tertiary/aromatic N) is 1. The molecule has 0 aromatic rings. The van der Waals surface area contributed by atoms with Crippen LogP contribution >= 0.6 is 0 Å². The Morgan fingerprint density at radius 3 is 2.47 bits per heavy atom.